The number of aromatic nitrogens is 1. The monoisotopic (exact) mass is 382 g/mol. The first-order valence-corrected chi connectivity index (χ1v) is 6.32. The molecule has 4 nitrogen and oxygen atoms in total. The minimum absolute atomic E-state index is 0. The van der Waals surface area contributed by atoms with Gasteiger partial charge in [-0.1, -0.05) is 25.1 Å². The average molecular weight is 382 g/mol. The van der Waals surface area contributed by atoms with Crippen molar-refractivity contribution in [1.29, 1.82) is 0 Å². The van der Waals surface area contributed by atoms with Crippen molar-refractivity contribution >= 4 is 35.6 Å². The molecule has 5 heteroatoms. The summed E-state index contributed by atoms with van der Waals surface area (Å²) in [6, 6.07) is 12.0. The fourth-order valence-corrected chi connectivity index (χ4v) is 1.72. The molecule has 2 aromatic rings. The zero-order valence-corrected chi connectivity index (χ0v) is 13.7. The van der Waals surface area contributed by atoms with E-state index >= 15 is 0 Å². The summed E-state index contributed by atoms with van der Waals surface area (Å²) in [6.07, 6.45) is 4.53. The third-order valence-electron chi connectivity index (χ3n) is 2.76. The lowest BCUT2D eigenvalue weighted by Gasteiger charge is -2.07. The lowest BCUT2D eigenvalue weighted by molar-refractivity contribution is 1.04. The van der Waals surface area contributed by atoms with Crippen LogP contribution >= 0.6 is 24.0 Å². The fraction of sp³-hybridized carbons (Fsp3) is 0.200. The molecule has 1 aromatic carbocycles. The lowest BCUT2D eigenvalue weighted by Crippen LogP contribution is -2.22. The van der Waals surface area contributed by atoms with Crippen LogP contribution in [0.1, 0.15) is 18.1 Å². The molecule has 0 atom stereocenters. The van der Waals surface area contributed by atoms with Gasteiger partial charge in [0.15, 0.2) is 5.96 Å². The van der Waals surface area contributed by atoms with Gasteiger partial charge in [0.1, 0.15) is 0 Å². The summed E-state index contributed by atoms with van der Waals surface area (Å²) in [5, 5.41) is 3.09. The highest BCUT2D eigenvalue weighted by Crippen LogP contribution is 2.10. The Labute approximate surface area is 136 Å². The van der Waals surface area contributed by atoms with E-state index in [-0.39, 0.29) is 24.0 Å². The van der Waals surface area contributed by atoms with Crippen LogP contribution in [0.5, 0.6) is 0 Å². The molecule has 0 aliphatic heterocycles. The van der Waals surface area contributed by atoms with Crippen molar-refractivity contribution in [1.82, 2.24) is 4.98 Å². The highest BCUT2D eigenvalue weighted by Gasteiger charge is 1.97. The Hall–Kier alpha value is -1.63. The zero-order valence-electron chi connectivity index (χ0n) is 11.4. The third kappa shape index (κ3) is 5.16. The zero-order chi connectivity index (χ0) is 13.5. The van der Waals surface area contributed by atoms with Crippen LogP contribution in [0.4, 0.5) is 5.69 Å². The molecule has 0 radical (unpaired) electrons. The van der Waals surface area contributed by atoms with E-state index in [0.717, 1.165) is 17.7 Å². The Balaban J connectivity index is 0.00000200. The fourth-order valence-electron chi connectivity index (χ4n) is 1.72. The minimum Gasteiger partial charge on any atom is -0.370 e. The molecular formula is C15H19IN4. The van der Waals surface area contributed by atoms with Crippen LogP contribution in [0.25, 0.3) is 0 Å². The van der Waals surface area contributed by atoms with E-state index in [9.17, 15) is 0 Å². The molecule has 0 fully saturated rings. The molecule has 20 heavy (non-hydrogen) atoms. The number of anilines is 1. The van der Waals surface area contributed by atoms with Crippen LogP contribution in [0.15, 0.2) is 53.8 Å². The molecular weight excluding hydrogens is 363 g/mol. The largest absolute Gasteiger partial charge is 0.370 e. The molecule has 0 aliphatic rings. The molecule has 3 N–H and O–H groups in total. The van der Waals surface area contributed by atoms with Gasteiger partial charge in [0.25, 0.3) is 0 Å². The van der Waals surface area contributed by atoms with Gasteiger partial charge in [-0.25, -0.2) is 4.99 Å². The first-order valence-electron chi connectivity index (χ1n) is 6.32. The number of hydrogen-bond acceptors (Lipinski definition) is 2. The van der Waals surface area contributed by atoms with E-state index in [1.807, 2.05) is 24.3 Å². The maximum Gasteiger partial charge on any atom is 0.193 e. The number of nitrogens with two attached hydrogens (primary N) is 1. The van der Waals surface area contributed by atoms with Gasteiger partial charge in [-0.05, 0) is 35.7 Å². The quantitative estimate of drug-likeness (QED) is 0.485. The summed E-state index contributed by atoms with van der Waals surface area (Å²) in [5.41, 5.74) is 9.13. The predicted molar refractivity (Wildman–Crippen MR) is 94.4 cm³/mol. The standard InChI is InChI=1S/C15H18N4.HI/c1-2-12-5-3-7-14(9-12)19-15(16)18-11-13-6-4-8-17-10-13;/h3-10H,2,11H2,1H3,(H3,16,18,19);1H. The van der Waals surface area contributed by atoms with Crippen molar-refractivity contribution < 1.29 is 0 Å². The topological polar surface area (TPSA) is 63.3 Å². The number of hydrogen-bond donors (Lipinski definition) is 2. The van der Waals surface area contributed by atoms with E-state index in [0.29, 0.717) is 12.5 Å². The Morgan fingerprint density at radius 3 is 2.75 bits per heavy atom. The van der Waals surface area contributed by atoms with E-state index < -0.39 is 0 Å². The molecule has 0 amide bonds. The summed E-state index contributed by atoms with van der Waals surface area (Å²) in [6.45, 7) is 2.65. The van der Waals surface area contributed by atoms with E-state index in [4.69, 9.17) is 5.73 Å². The van der Waals surface area contributed by atoms with Crippen molar-refractivity contribution in [2.75, 3.05) is 5.32 Å². The second kappa shape index (κ2) is 8.52. The molecule has 0 aliphatic carbocycles. The molecule has 1 aromatic heterocycles. The molecule has 0 saturated heterocycles. The van der Waals surface area contributed by atoms with Gasteiger partial charge in [0.05, 0.1) is 6.54 Å². The number of aryl methyl sites for hydroxylation is 1. The maximum atomic E-state index is 5.86. The molecule has 2 rings (SSSR count). The number of pyridine rings is 1. The number of rotatable bonds is 4. The van der Waals surface area contributed by atoms with Crippen LogP contribution in [-0.4, -0.2) is 10.9 Å². The Morgan fingerprint density at radius 2 is 2.05 bits per heavy atom. The average Bonchev–Trinajstić information content (AvgIpc) is 2.46. The summed E-state index contributed by atoms with van der Waals surface area (Å²) >= 11 is 0. The van der Waals surface area contributed by atoms with E-state index in [1.165, 1.54) is 5.56 Å². The van der Waals surface area contributed by atoms with Crippen LogP contribution in [0.3, 0.4) is 0 Å². The van der Waals surface area contributed by atoms with Crippen molar-refractivity contribution in [2.45, 2.75) is 19.9 Å². The molecule has 0 saturated carbocycles. The summed E-state index contributed by atoms with van der Waals surface area (Å²) in [7, 11) is 0. The molecule has 0 bridgehead atoms. The summed E-state index contributed by atoms with van der Waals surface area (Å²) < 4.78 is 0. The minimum atomic E-state index is 0. The number of nitrogens with zero attached hydrogens (tertiary/aromatic N) is 2. The Bertz CT molecular complexity index is 555. The normalized spacial score (nSPS) is 10.8. The highest BCUT2D eigenvalue weighted by atomic mass is 127. The SMILES string of the molecule is CCc1cccc(NC(N)=NCc2cccnc2)c1.I. The number of guanidine groups is 1. The van der Waals surface area contributed by atoms with Crippen molar-refractivity contribution in [3.8, 4) is 0 Å². The predicted octanol–water partition coefficient (Wildman–Crippen LogP) is 3.19. The first-order chi connectivity index (χ1) is 9.28. The Morgan fingerprint density at radius 1 is 1.25 bits per heavy atom. The van der Waals surface area contributed by atoms with Crippen molar-refractivity contribution in [3.63, 3.8) is 0 Å². The van der Waals surface area contributed by atoms with Gasteiger partial charge in [-0.15, -0.1) is 24.0 Å². The molecule has 1 heterocycles. The third-order valence-corrected chi connectivity index (χ3v) is 2.76. The summed E-state index contributed by atoms with van der Waals surface area (Å²) in [4.78, 5) is 8.33. The smallest absolute Gasteiger partial charge is 0.193 e. The van der Waals surface area contributed by atoms with Gasteiger partial charge in [0.2, 0.25) is 0 Å². The molecule has 0 unspecified atom stereocenters. The Kier molecular flexibility index (Phi) is 7.00. The summed E-state index contributed by atoms with van der Waals surface area (Å²) in [5.74, 6) is 0.414. The van der Waals surface area contributed by atoms with Gasteiger partial charge < -0.3 is 11.1 Å². The number of halogens is 1. The number of aliphatic imine (C=N–C) groups is 1. The second-order valence-corrected chi connectivity index (χ2v) is 4.24. The van der Waals surface area contributed by atoms with Crippen LogP contribution in [0, 0.1) is 0 Å². The molecule has 106 valence electrons. The number of benzene rings is 1. The van der Waals surface area contributed by atoms with Gasteiger partial charge in [-0.2, -0.15) is 0 Å². The molecule has 0 spiro atoms. The van der Waals surface area contributed by atoms with Gasteiger partial charge in [0, 0.05) is 18.1 Å². The second-order valence-electron chi connectivity index (χ2n) is 4.24. The maximum absolute atomic E-state index is 5.86. The van der Waals surface area contributed by atoms with Crippen LogP contribution in [-0.2, 0) is 13.0 Å². The van der Waals surface area contributed by atoms with Crippen molar-refractivity contribution in [3.05, 3.63) is 59.9 Å². The van der Waals surface area contributed by atoms with Crippen LogP contribution in [0.2, 0.25) is 0 Å². The van der Waals surface area contributed by atoms with E-state index in [1.54, 1.807) is 12.4 Å². The highest BCUT2D eigenvalue weighted by molar-refractivity contribution is 14.0. The first kappa shape index (κ1) is 16.4. The van der Waals surface area contributed by atoms with Gasteiger partial charge >= 0.3 is 0 Å². The number of nitrogens with one attached hydrogen (secondary N) is 1. The van der Waals surface area contributed by atoms with E-state index in [2.05, 4.69) is 34.3 Å². The van der Waals surface area contributed by atoms with Gasteiger partial charge in [-0.3, -0.25) is 4.98 Å². The van der Waals surface area contributed by atoms with Crippen molar-refractivity contribution in [2.24, 2.45) is 10.7 Å². The van der Waals surface area contributed by atoms with Crippen LogP contribution < -0.4 is 11.1 Å². The lowest BCUT2D eigenvalue weighted by atomic mass is 10.1.